The number of carbonyl (C=O) groups is 1. The summed E-state index contributed by atoms with van der Waals surface area (Å²) in [4.78, 5) is 18.9. The molecule has 0 radical (unpaired) electrons. The van der Waals surface area contributed by atoms with Crippen molar-refractivity contribution in [1.29, 1.82) is 0 Å². The Kier molecular flexibility index (Phi) is 4.15. The summed E-state index contributed by atoms with van der Waals surface area (Å²) in [6.07, 6.45) is 5.56. The van der Waals surface area contributed by atoms with Gasteiger partial charge in [-0.1, -0.05) is 17.7 Å². The predicted octanol–water partition coefficient (Wildman–Crippen LogP) is 4.17. The van der Waals surface area contributed by atoms with Crippen molar-refractivity contribution in [3.8, 4) is 0 Å². The quantitative estimate of drug-likeness (QED) is 0.752. The molecule has 5 nitrogen and oxygen atoms in total. The van der Waals surface area contributed by atoms with Crippen molar-refractivity contribution in [2.75, 3.05) is 11.9 Å². The lowest BCUT2D eigenvalue weighted by molar-refractivity contribution is 0.182. The molecule has 3 heterocycles. The van der Waals surface area contributed by atoms with Crippen LogP contribution in [0.25, 0.3) is 0 Å². The predicted molar refractivity (Wildman–Crippen MR) is 97.7 cm³/mol. The fourth-order valence-electron chi connectivity index (χ4n) is 3.26. The van der Waals surface area contributed by atoms with Crippen LogP contribution in [-0.2, 0) is 6.54 Å². The van der Waals surface area contributed by atoms with Gasteiger partial charge in [-0.3, -0.25) is 4.98 Å². The number of amides is 2. The van der Waals surface area contributed by atoms with Crippen LogP contribution in [0, 0.1) is 0 Å². The van der Waals surface area contributed by atoms with Gasteiger partial charge in [0.1, 0.15) is 0 Å². The molecule has 126 valence electrons. The van der Waals surface area contributed by atoms with Crippen molar-refractivity contribution in [2.24, 2.45) is 0 Å². The Morgan fingerprint density at radius 3 is 2.76 bits per heavy atom. The van der Waals surface area contributed by atoms with Gasteiger partial charge < -0.3 is 14.8 Å². The van der Waals surface area contributed by atoms with Crippen LogP contribution in [-0.4, -0.2) is 27.0 Å². The third-order valence-electron chi connectivity index (χ3n) is 4.40. The van der Waals surface area contributed by atoms with Gasteiger partial charge >= 0.3 is 6.03 Å². The maximum atomic E-state index is 12.9. The first kappa shape index (κ1) is 15.7. The number of nitrogens with one attached hydrogen (secondary N) is 1. The summed E-state index contributed by atoms with van der Waals surface area (Å²) in [5, 5.41) is 3.55. The van der Waals surface area contributed by atoms with Crippen LogP contribution in [0.1, 0.15) is 17.3 Å². The number of aromatic nitrogens is 2. The lowest BCUT2D eigenvalue weighted by atomic mass is 10.0. The zero-order valence-electron chi connectivity index (χ0n) is 13.5. The number of carbonyl (C=O) groups excluding carboxylic acids is 1. The number of hydrogen-bond donors (Lipinski definition) is 1. The number of rotatable bonds is 2. The van der Waals surface area contributed by atoms with Gasteiger partial charge in [-0.15, -0.1) is 0 Å². The zero-order valence-corrected chi connectivity index (χ0v) is 14.2. The lowest BCUT2D eigenvalue weighted by Crippen LogP contribution is -2.44. The Balaban J connectivity index is 1.66. The normalized spacial score (nSPS) is 16.4. The highest BCUT2D eigenvalue weighted by Crippen LogP contribution is 2.32. The number of pyridine rings is 1. The number of fused-ring (bicyclic) bond motifs is 1. The SMILES string of the molecule is O=C(Nc1cccc(Cl)c1)N1CCn2cccc2[C@H]1c1ccncc1. The summed E-state index contributed by atoms with van der Waals surface area (Å²) in [6, 6.07) is 14.9. The van der Waals surface area contributed by atoms with Gasteiger partial charge in [0.05, 0.1) is 6.04 Å². The van der Waals surface area contributed by atoms with Crippen molar-refractivity contribution in [1.82, 2.24) is 14.5 Å². The molecular formula is C19H17ClN4O. The van der Waals surface area contributed by atoms with Gasteiger partial charge in [0, 0.05) is 48.1 Å². The average molecular weight is 353 g/mol. The van der Waals surface area contributed by atoms with Gasteiger partial charge in [0.25, 0.3) is 0 Å². The van der Waals surface area contributed by atoms with Crippen LogP contribution >= 0.6 is 11.6 Å². The molecule has 1 atom stereocenters. The van der Waals surface area contributed by atoms with E-state index < -0.39 is 0 Å². The first-order chi connectivity index (χ1) is 12.2. The molecule has 0 aliphatic carbocycles. The standard InChI is InChI=1S/C19H17ClN4O/c20-15-3-1-4-16(13-15)22-19(25)24-12-11-23-10-2-5-17(23)18(24)14-6-8-21-9-7-14/h1-10,13,18H,11-12H2,(H,22,25)/t18-/m1/s1. The topological polar surface area (TPSA) is 50.2 Å². The maximum Gasteiger partial charge on any atom is 0.322 e. The number of benzene rings is 1. The fourth-order valence-corrected chi connectivity index (χ4v) is 3.45. The molecule has 3 aromatic rings. The van der Waals surface area contributed by atoms with E-state index in [-0.39, 0.29) is 12.1 Å². The van der Waals surface area contributed by atoms with Crippen molar-refractivity contribution >= 4 is 23.3 Å². The number of hydrogen-bond acceptors (Lipinski definition) is 2. The number of nitrogens with zero attached hydrogens (tertiary/aromatic N) is 3. The van der Waals surface area contributed by atoms with Crippen molar-refractivity contribution in [2.45, 2.75) is 12.6 Å². The van der Waals surface area contributed by atoms with Crippen LogP contribution in [0.4, 0.5) is 10.5 Å². The molecule has 1 N–H and O–H groups in total. The van der Waals surface area contributed by atoms with Gasteiger partial charge in [0.2, 0.25) is 0 Å². The Labute approximate surface area is 150 Å². The minimum absolute atomic E-state index is 0.142. The second-order valence-corrected chi connectivity index (χ2v) is 6.38. The Morgan fingerprint density at radius 2 is 1.96 bits per heavy atom. The second kappa shape index (κ2) is 6.61. The molecule has 0 unspecified atom stereocenters. The molecule has 2 aromatic heterocycles. The third-order valence-corrected chi connectivity index (χ3v) is 4.63. The molecule has 6 heteroatoms. The van der Waals surface area contributed by atoms with Gasteiger partial charge in [-0.2, -0.15) is 0 Å². The fraction of sp³-hybridized carbons (Fsp3) is 0.158. The van der Waals surface area contributed by atoms with E-state index in [1.165, 1.54) is 0 Å². The molecule has 1 aromatic carbocycles. The maximum absolute atomic E-state index is 12.9. The first-order valence-corrected chi connectivity index (χ1v) is 8.48. The summed E-state index contributed by atoms with van der Waals surface area (Å²) in [6.45, 7) is 1.40. The molecule has 0 fully saturated rings. The Morgan fingerprint density at radius 1 is 1.12 bits per heavy atom. The zero-order chi connectivity index (χ0) is 17.2. The highest BCUT2D eigenvalue weighted by atomic mass is 35.5. The molecule has 4 rings (SSSR count). The van der Waals surface area contributed by atoms with Crippen molar-refractivity contribution in [3.63, 3.8) is 0 Å². The molecule has 1 aliphatic heterocycles. The molecule has 0 bridgehead atoms. The first-order valence-electron chi connectivity index (χ1n) is 8.10. The Hall–Kier alpha value is -2.79. The minimum Gasteiger partial charge on any atom is -0.348 e. The van der Waals surface area contributed by atoms with E-state index in [1.807, 2.05) is 35.2 Å². The van der Waals surface area contributed by atoms with E-state index in [1.54, 1.807) is 24.5 Å². The smallest absolute Gasteiger partial charge is 0.322 e. The number of urea groups is 1. The Bertz CT molecular complexity index is 893. The molecule has 0 saturated heterocycles. The van der Waals surface area contributed by atoms with Crippen LogP contribution in [0.5, 0.6) is 0 Å². The summed E-state index contributed by atoms with van der Waals surface area (Å²) in [5.41, 5.74) is 2.82. The van der Waals surface area contributed by atoms with Gasteiger partial charge in [0.15, 0.2) is 0 Å². The molecule has 0 spiro atoms. The summed E-state index contributed by atoms with van der Waals surface area (Å²) in [7, 11) is 0. The lowest BCUT2D eigenvalue weighted by Gasteiger charge is -2.37. The second-order valence-electron chi connectivity index (χ2n) is 5.94. The van der Waals surface area contributed by atoms with Crippen molar-refractivity contribution in [3.05, 3.63) is 83.4 Å². The summed E-state index contributed by atoms with van der Waals surface area (Å²) in [5.74, 6) is 0. The number of halogens is 1. The van der Waals surface area contributed by atoms with Crippen molar-refractivity contribution < 1.29 is 4.79 Å². The summed E-state index contributed by atoms with van der Waals surface area (Å²) < 4.78 is 2.19. The van der Waals surface area contributed by atoms with Crippen LogP contribution in [0.2, 0.25) is 5.02 Å². The minimum atomic E-state index is -0.147. The van der Waals surface area contributed by atoms with E-state index in [4.69, 9.17) is 11.6 Å². The molecule has 1 aliphatic rings. The van der Waals surface area contributed by atoms with Gasteiger partial charge in [-0.05, 0) is 48.0 Å². The van der Waals surface area contributed by atoms with Crippen LogP contribution in [0.15, 0.2) is 67.1 Å². The third kappa shape index (κ3) is 3.10. The van der Waals surface area contributed by atoms with Gasteiger partial charge in [-0.25, -0.2) is 4.79 Å². The molecular weight excluding hydrogens is 336 g/mol. The molecule has 0 saturated carbocycles. The van der Waals surface area contributed by atoms with E-state index in [9.17, 15) is 4.79 Å². The van der Waals surface area contributed by atoms with E-state index in [2.05, 4.69) is 27.1 Å². The monoisotopic (exact) mass is 352 g/mol. The average Bonchev–Trinajstić information content (AvgIpc) is 3.10. The molecule has 2 amide bonds. The largest absolute Gasteiger partial charge is 0.348 e. The highest BCUT2D eigenvalue weighted by molar-refractivity contribution is 6.30. The van der Waals surface area contributed by atoms with E-state index in [0.717, 1.165) is 17.8 Å². The molecule has 25 heavy (non-hydrogen) atoms. The van der Waals surface area contributed by atoms with E-state index >= 15 is 0 Å². The van der Waals surface area contributed by atoms with Crippen LogP contribution < -0.4 is 5.32 Å². The van der Waals surface area contributed by atoms with Crippen LogP contribution in [0.3, 0.4) is 0 Å². The van der Waals surface area contributed by atoms with E-state index in [0.29, 0.717) is 17.3 Å². The number of anilines is 1. The highest BCUT2D eigenvalue weighted by Gasteiger charge is 2.32. The summed E-state index contributed by atoms with van der Waals surface area (Å²) >= 11 is 6.02.